The molecule has 0 aliphatic heterocycles. The molecule has 19 heavy (non-hydrogen) atoms. The maximum absolute atomic E-state index is 13.4. The first-order valence-electron chi connectivity index (χ1n) is 5.37. The number of halogens is 4. The van der Waals surface area contributed by atoms with E-state index in [0.717, 1.165) is 0 Å². The van der Waals surface area contributed by atoms with E-state index in [1.54, 1.807) is 13.1 Å². The van der Waals surface area contributed by atoms with Gasteiger partial charge >= 0.3 is 6.18 Å². The summed E-state index contributed by atoms with van der Waals surface area (Å²) in [4.78, 5) is 3.50. The van der Waals surface area contributed by atoms with Gasteiger partial charge in [0.2, 0.25) is 0 Å². The molecule has 0 aliphatic carbocycles. The first kappa shape index (κ1) is 14.0. The van der Waals surface area contributed by atoms with Gasteiger partial charge in [-0.1, -0.05) is 0 Å². The molecule has 0 saturated heterocycles. The van der Waals surface area contributed by atoms with E-state index < -0.39 is 17.0 Å². The minimum absolute atomic E-state index is 0.133. The zero-order chi connectivity index (χ0) is 14.0. The molecule has 1 heterocycles. The number of rotatable bonds is 3. The average Bonchev–Trinajstić information content (AvgIpc) is 2.77. The van der Waals surface area contributed by atoms with Crippen molar-refractivity contribution in [3.05, 3.63) is 40.0 Å². The predicted octanol–water partition coefficient (Wildman–Crippen LogP) is 3.69. The highest BCUT2D eigenvalue weighted by molar-refractivity contribution is 7.10. The standard InChI is InChI=1S/C12H10F4N2S/c1-17-5-7-2-8(4-9(13)3-7)10-6-19-11(18-10)12(14,15)16/h2-4,6,17H,5H2,1H3. The number of nitrogens with zero attached hydrogens (tertiary/aromatic N) is 1. The van der Waals surface area contributed by atoms with E-state index in [1.807, 2.05) is 0 Å². The third-order valence-corrected chi connectivity index (χ3v) is 3.27. The van der Waals surface area contributed by atoms with Crippen molar-refractivity contribution in [2.24, 2.45) is 0 Å². The second-order valence-corrected chi connectivity index (χ2v) is 4.77. The molecule has 0 saturated carbocycles. The van der Waals surface area contributed by atoms with Gasteiger partial charge < -0.3 is 5.32 Å². The number of thiazole rings is 1. The van der Waals surface area contributed by atoms with Gasteiger partial charge in [0.15, 0.2) is 5.01 Å². The van der Waals surface area contributed by atoms with Crippen molar-refractivity contribution in [1.82, 2.24) is 10.3 Å². The van der Waals surface area contributed by atoms with Crippen LogP contribution < -0.4 is 5.32 Å². The zero-order valence-electron chi connectivity index (χ0n) is 9.88. The maximum Gasteiger partial charge on any atom is 0.443 e. The van der Waals surface area contributed by atoms with Gasteiger partial charge in [-0.25, -0.2) is 9.37 Å². The fourth-order valence-electron chi connectivity index (χ4n) is 1.64. The summed E-state index contributed by atoms with van der Waals surface area (Å²) < 4.78 is 50.8. The van der Waals surface area contributed by atoms with Crippen LogP contribution in [0.2, 0.25) is 0 Å². The molecule has 1 aromatic heterocycles. The number of hydrogen-bond acceptors (Lipinski definition) is 3. The summed E-state index contributed by atoms with van der Waals surface area (Å²) in [5, 5.41) is 3.20. The molecular weight excluding hydrogens is 280 g/mol. The van der Waals surface area contributed by atoms with Gasteiger partial charge in [0, 0.05) is 17.5 Å². The SMILES string of the molecule is CNCc1cc(F)cc(-c2csc(C(F)(F)F)n2)c1. The molecule has 1 N–H and O–H groups in total. The van der Waals surface area contributed by atoms with Crippen LogP contribution in [0.5, 0.6) is 0 Å². The highest BCUT2D eigenvalue weighted by Crippen LogP contribution is 2.34. The molecule has 2 rings (SSSR count). The molecule has 2 aromatic rings. The smallest absolute Gasteiger partial charge is 0.316 e. The summed E-state index contributed by atoms with van der Waals surface area (Å²) in [6, 6.07) is 4.13. The summed E-state index contributed by atoms with van der Waals surface area (Å²) in [6.45, 7) is 0.432. The lowest BCUT2D eigenvalue weighted by molar-refractivity contribution is -0.137. The lowest BCUT2D eigenvalue weighted by Gasteiger charge is -2.04. The molecule has 0 bridgehead atoms. The molecule has 102 valence electrons. The average molecular weight is 290 g/mol. The second-order valence-electron chi connectivity index (χ2n) is 3.91. The van der Waals surface area contributed by atoms with E-state index in [1.165, 1.54) is 17.5 Å². The Hall–Kier alpha value is -1.47. The van der Waals surface area contributed by atoms with E-state index >= 15 is 0 Å². The molecule has 0 aliphatic rings. The predicted molar refractivity (Wildman–Crippen MR) is 65.3 cm³/mol. The van der Waals surface area contributed by atoms with Crippen LogP contribution in [-0.4, -0.2) is 12.0 Å². The van der Waals surface area contributed by atoms with Gasteiger partial charge in [-0.2, -0.15) is 13.2 Å². The Morgan fingerprint density at radius 3 is 2.58 bits per heavy atom. The number of aromatic nitrogens is 1. The van der Waals surface area contributed by atoms with Crippen LogP contribution in [0.3, 0.4) is 0 Å². The molecule has 1 aromatic carbocycles. The van der Waals surface area contributed by atoms with E-state index in [0.29, 0.717) is 29.0 Å². The van der Waals surface area contributed by atoms with E-state index in [9.17, 15) is 17.6 Å². The third kappa shape index (κ3) is 3.30. The lowest BCUT2D eigenvalue weighted by atomic mass is 10.1. The second kappa shape index (κ2) is 5.26. The van der Waals surface area contributed by atoms with E-state index in [4.69, 9.17) is 0 Å². The highest BCUT2D eigenvalue weighted by atomic mass is 32.1. The molecule has 0 unspecified atom stereocenters. The Morgan fingerprint density at radius 2 is 2.00 bits per heavy atom. The zero-order valence-corrected chi connectivity index (χ0v) is 10.7. The Labute approximate surface area is 111 Å². The van der Waals surface area contributed by atoms with Crippen molar-refractivity contribution in [3.8, 4) is 11.3 Å². The summed E-state index contributed by atoms with van der Waals surface area (Å²) in [7, 11) is 1.70. The number of nitrogens with one attached hydrogen (secondary N) is 1. The van der Waals surface area contributed by atoms with Crippen molar-refractivity contribution in [3.63, 3.8) is 0 Å². The normalized spacial score (nSPS) is 11.8. The van der Waals surface area contributed by atoms with Crippen molar-refractivity contribution < 1.29 is 17.6 Å². The molecule has 0 amide bonds. The molecule has 0 spiro atoms. The van der Waals surface area contributed by atoms with Crippen molar-refractivity contribution in [1.29, 1.82) is 0 Å². The lowest BCUT2D eigenvalue weighted by Crippen LogP contribution is -2.05. The topological polar surface area (TPSA) is 24.9 Å². The van der Waals surface area contributed by atoms with Crippen LogP contribution in [0.15, 0.2) is 23.6 Å². The Bertz CT molecular complexity index is 577. The van der Waals surface area contributed by atoms with Crippen LogP contribution in [-0.2, 0) is 12.7 Å². The molecule has 7 heteroatoms. The summed E-state index contributed by atoms with van der Waals surface area (Å²) >= 11 is 0.502. The van der Waals surface area contributed by atoms with E-state index in [2.05, 4.69) is 10.3 Å². The summed E-state index contributed by atoms with van der Waals surface area (Å²) in [6.07, 6.45) is -4.47. The van der Waals surface area contributed by atoms with Crippen molar-refractivity contribution in [2.45, 2.75) is 12.7 Å². The number of benzene rings is 1. The van der Waals surface area contributed by atoms with Crippen LogP contribution in [0.4, 0.5) is 17.6 Å². The molecular formula is C12H10F4N2S. The Morgan fingerprint density at radius 1 is 1.26 bits per heavy atom. The monoisotopic (exact) mass is 290 g/mol. The van der Waals surface area contributed by atoms with Crippen LogP contribution in [0, 0.1) is 5.82 Å². The van der Waals surface area contributed by atoms with Gasteiger partial charge in [-0.05, 0) is 30.8 Å². The third-order valence-electron chi connectivity index (χ3n) is 2.38. The fraction of sp³-hybridized carbons (Fsp3) is 0.250. The first-order valence-corrected chi connectivity index (χ1v) is 6.25. The summed E-state index contributed by atoms with van der Waals surface area (Å²) in [5.41, 5.74) is 1.13. The quantitative estimate of drug-likeness (QED) is 0.872. The van der Waals surface area contributed by atoms with Gasteiger partial charge in [-0.3, -0.25) is 0 Å². The van der Waals surface area contributed by atoms with Crippen LogP contribution in [0.25, 0.3) is 11.3 Å². The largest absolute Gasteiger partial charge is 0.443 e. The Kier molecular flexibility index (Phi) is 3.86. The molecule has 0 atom stereocenters. The van der Waals surface area contributed by atoms with Crippen LogP contribution >= 0.6 is 11.3 Å². The molecule has 2 nitrogen and oxygen atoms in total. The maximum atomic E-state index is 13.4. The number of alkyl halides is 3. The van der Waals surface area contributed by atoms with Crippen molar-refractivity contribution in [2.75, 3.05) is 7.05 Å². The Balaban J connectivity index is 2.38. The highest BCUT2D eigenvalue weighted by Gasteiger charge is 2.34. The van der Waals surface area contributed by atoms with Crippen molar-refractivity contribution >= 4 is 11.3 Å². The minimum Gasteiger partial charge on any atom is -0.316 e. The molecule has 0 fully saturated rings. The summed E-state index contributed by atoms with van der Waals surface area (Å²) in [5.74, 6) is -0.496. The van der Waals surface area contributed by atoms with Gasteiger partial charge in [0.25, 0.3) is 0 Å². The van der Waals surface area contributed by atoms with Gasteiger partial charge in [-0.15, -0.1) is 11.3 Å². The fourth-order valence-corrected chi connectivity index (χ4v) is 2.34. The van der Waals surface area contributed by atoms with Crippen LogP contribution in [0.1, 0.15) is 10.6 Å². The first-order chi connectivity index (χ1) is 8.90. The number of hydrogen-bond donors (Lipinski definition) is 1. The van der Waals surface area contributed by atoms with Gasteiger partial charge in [0.05, 0.1) is 5.69 Å². The minimum atomic E-state index is -4.47. The van der Waals surface area contributed by atoms with Gasteiger partial charge in [0.1, 0.15) is 5.82 Å². The molecule has 0 radical (unpaired) electrons. The van der Waals surface area contributed by atoms with E-state index in [-0.39, 0.29) is 5.69 Å².